The van der Waals surface area contributed by atoms with E-state index in [2.05, 4.69) is 0 Å². The van der Waals surface area contributed by atoms with Crippen molar-refractivity contribution < 1.29 is 19.7 Å². The van der Waals surface area contributed by atoms with Crippen LogP contribution in [0.25, 0.3) is 0 Å². The summed E-state index contributed by atoms with van der Waals surface area (Å²) in [5.41, 5.74) is -1.07. The first-order valence-electron chi connectivity index (χ1n) is 8.26. The predicted molar refractivity (Wildman–Crippen MR) is 75.5 cm³/mol. The Kier molecular flexibility index (Phi) is 4.37. The molecule has 116 valence electrons. The second kappa shape index (κ2) is 5.91. The highest BCUT2D eigenvalue weighted by Gasteiger charge is 2.47. The lowest BCUT2D eigenvalue weighted by molar-refractivity contribution is -0.160. The number of ether oxygens (including phenoxy) is 2. The standard InChI is InChI=1S/C16H28O4/c17-14(16(18)6-3-1-2-4-7-16)13-5-9-20-15(11-13)8-10-19-12-15/h13-14,17-18H,1-12H2. The molecule has 2 saturated heterocycles. The average Bonchev–Trinajstić information content (AvgIpc) is 2.77. The first-order chi connectivity index (χ1) is 9.64. The molecule has 2 N–H and O–H groups in total. The Labute approximate surface area is 121 Å². The zero-order valence-electron chi connectivity index (χ0n) is 12.4. The highest BCUT2D eigenvalue weighted by molar-refractivity contribution is 4.98. The molecule has 4 nitrogen and oxygen atoms in total. The molecule has 3 fully saturated rings. The third-order valence-electron chi connectivity index (χ3n) is 5.56. The summed E-state index contributed by atoms with van der Waals surface area (Å²) in [6.07, 6.45) is 7.92. The average molecular weight is 284 g/mol. The normalized spacial score (nSPS) is 39.6. The van der Waals surface area contributed by atoms with Crippen molar-refractivity contribution in [2.75, 3.05) is 19.8 Å². The van der Waals surface area contributed by atoms with E-state index < -0.39 is 11.7 Å². The van der Waals surface area contributed by atoms with Gasteiger partial charge in [-0.1, -0.05) is 25.7 Å². The summed E-state index contributed by atoms with van der Waals surface area (Å²) in [6.45, 7) is 2.09. The number of hydrogen-bond acceptors (Lipinski definition) is 4. The van der Waals surface area contributed by atoms with Crippen molar-refractivity contribution in [2.45, 2.75) is 75.1 Å². The van der Waals surface area contributed by atoms with Gasteiger partial charge in [0.15, 0.2) is 0 Å². The molecule has 1 spiro atoms. The van der Waals surface area contributed by atoms with Gasteiger partial charge in [-0.25, -0.2) is 0 Å². The Morgan fingerprint density at radius 3 is 2.40 bits per heavy atom. The summed E-state index contributed by atoms with van der Waals surface area (Å²) in [4.78, 5) is 0. The van der Waals surface area contributed by atoms with Crippen molar-refractivity contribution in [3.63, 3.8) is 0 Å². The van der Waals surface area contributed by atoms with Crippen LogP contribution in [-0.4, -0.2) is 47.3 Å². The van der Waals surface area contributed by atoms with Crippen LogP contribution in [0.1, 0.15) is 57.8 Å². The maximum atomic E-state index is 10.9. The van der Waals surface area contributed by atoms with Crippen LogP contribution >= 0.6 is 0 Å². The minimum Gasteiger partial charge on any atom is -0.390 e. The number of rotatable bonds is 2. The minimum absolute atomic E-state index is 0.147. The van der Waals surface area contributed by atoms with Crippen LogP contribution in [0.4, 0.5) is 0 Å². The maximum Gasteiger partial charge on any atom is 0.0940 e. The van der Waals surface area contributed by atoms with E-state index in [1.165, 1.54) is 12.8 Å². The lowest BCUT2D eigenvalue weighted by atomic mass is 9.74. The van der Waals surface area contributed by atoms with Gasteiger partial charge in [-0.3, -0.25) is 0 Å². The Morgan fingerprint density at radius 2 is 1.75 bits per heavy atom. The SMILES string of the molecule is OC(C1CCOC2(CCOC2)C1)C1(O)CCCCCC1. The van der Waals surface area contributed by atoms with E-state index in [1.807, 2.05) is 0 Å². The summed E-state index contributed by atoms with van der Waals surface area (Å²) in [7, 11) is 0. The van der Waals surface area contributed by atoms with Crippen LogP contribution in [0.5, 0.6) is 0 Å². The molecular weight excluding hydrogens is 256 g/mol. The number of hydrogen-bond donors (Lipinski definition) is 2. The molecule has 0 radical (unpaired) electrons. The van der Waals surface area contributed by atoms with Gasteiger partial charge in [0.05, 0.1) is 23.9 Å². The van der Waals surface area contributed by atoms with Gasteiger partial charge in [0.1, 0.15) is 0 Å². The van der Waals surface area contributed by atoms with E-state index >= 15 is 0 Å². The largest absolute Gasteiger partial charge is 0.390 e. The summed E-state index contributed by atoms with van der Waals surface area (Å²) in [5.74, 6) is 0.147. The van der Waals surface area contributed by atoms with Crippen molar-refractivity contribution >= 4 is 0 Å². The molecule has 2 aliphatic heterocycles. The zero-order chi connectivity index (χ0) is 14.1. The van der Waals surface area contributed by atoms with Gasteiger partial charge < -0.3 is 19.7 Å². The first-order valence-corrected chi connectivity index (χ1v) is 8.26. The van der Waals surface area contributed by atoms with E-state index in [0.29, 0.717) is 13.2 Å². The molecule has 3 atom stereocenters. The molecule has 2 heterocycles. The monoisotopic (exact) mass is 284 g/mol. The van der Waals surface area contributed by atoms with E-state index in [4.69, 9.17) is 9.47 Å². The third-order valence-corrected chi connectivity index (χ3v) is 5.56. The lowest BCUT2D eigenvalue weighted by Gasteiger charge is -2.43. The zero-order valence-corrected chi connectivity index (χ0v) is 12.4. The fourth-order valence-electron chi connectivity index (χ4n) is 4.27. The molecule has 0 bridgehead atoms. The molecule has 0 aromatic rings. The lowest BCUT2D eigenvalue weighted by Crippen LogP contribution is -2.51. The number of aliphatic hydroxyl groups excluding tert-OH is 1. The molecular formula is C16H28O4. The highest BCUT2D eigenvalue weighted by Crippen LogP contribution is 2.41. The Bertz CT molecular complexity index is 316. The second-order valence-electron chi connectivity index (χ2n) is 7.05. The quantitative estimate of drug-likeness (QED) is 0.762. The first kappa shape index (κ1) is 14.8. The van der Waals surface area contributed by atoms with Gasteiger partial charge in [-0.05, 0) is 31.6 Å². The third kappa shape index (κ3) is 2.89. The fourth-order valence-corrected chi connectivity index (χ4v) is 4.27. The van der Waals surface area contributed by atoms with Gasteiger partial charge in [-0.2, -0.15) is 0 Å². The van der Waals surface area contributed by atoms with Crippen LogP contribution < -0.4 is 0 Å². The van der Waals surface area contributed by atoms with Crippen LogP contribution in [-0.2, 0) is 9.47 Å². The molecule has 3 aliphatic rings. The fraction of sp³-hybridized carbons (Fsp3) is 1.00. The molecule has 1 aliphatic carbocycles. The summed E-state index contributed by atoms with van der Waals surface area (Å²) in [6, 6.07) is 0. The van der Waals surface area contributed by atoms with Crippen LogP contribution in [0, 0.1) is 5.92 Å². The molecule has 3 unspecified atom stereocenters. The number of aliphatic hydroxyl groups is 2. The van der Waals surface area contributed by atoms with Crippen molar-refractivity contribution in [1.29, 1.82) is 0 Å². The smallest absolute Gasteiger partial charge is 0.0940 e. The van der Waals surface area contributed by atoms with E-state index in [1.54, 1.807) is 0 Å². The molecule has 20 heavy (non-hydrogen) atoms. The highest BCUT2D eigenvalue weighted by atomic mass is 16.6. The second-order valence-corrected chi connectivity index (χ2v) is 7.05. The molecule has 0 amide bonds. The summed E-state index contributed by atoms with van der Waals surface area (Å²) >= 11 is 0. The van der Waals surface area contributed by atoms with Gasteiger partial charge in [-0.15, -0.1) is 0 Å². The topological polar surface area (TPSA) is 58.9 Å². The Morgan fingerprint density at radius 1 is 1.00 bits per heavy atom. The maximum absolute atomic E-state index is 10.9. The van der Waals surface area contributed by atoms with Crippen LogP contribution in [0.3, 0.4) is 0 Å². The van der Waals surface area contributed by atoms with Gasteiger partial charge in [0, 0.05) is 19.6 Å². The van der Waals surface area contributed by atoms with Crippen molar-refractivity contribution in [2.24, 2.45) is 5.92 Å². The molecule has 0 aromatic heterocycles. The van der Waals surface area contributed by atoms with Gasteiger partial charge >= 0.3 is 0 Å². The van der Waals surface area contributed by atoms with E-state index in [-0.39, 0.29) is 11.5 Å². The molecule has 3 rings (SSSR count). The van der Waals surface area contributed by atoms with Crippen molar-refractivity contribution in [3.8, 4) is 0 Å². The Balaban J connectivity index is 1.67. The molecule has 0 aromatic carbocycles. The minimum atomic E-state index is -0.876. The van der Waals surface area contributed by atoms with Crippen LogP contribution in [0.2, 0.25) is 0 Å². The van der Waals surface area contributed by atoms with E-state index in [0.717, 1.165) is 51.6 Å². The summed E-state index contributed by atoms with van der Waals surface area (Å²) in [5, 5.41) is 21.7. The van der Waals surface area contributed by atoms with Crippen molar-refractivity contribution in [3.05, 3.63) is 0 Å². The van der Waals surface area contributed by atoms with Crippen LogP contribution in [0.15, 0.2) is 0 Å². The van der Waals surface area contributed by atoms with E-state index in [9.17, 15) is 10.2 Å². The Hall–Kier alpha value is -0.160. The van der Waals surface area contributed by atoms with Gasteiger partial charge in [0.25, 0.3) is 0 Å². The molecule has 1 saturated carbocycles. The molecule has 4 heteroatoms. The predicted octanol–water partition coefficient (Wildman–Crippen LogP) is 2.02. The van der Waals surface area contributed by atoms with Crippen molar-refractivity contribution in [1.82, 2.24) is 0 Å². The van der Waals surface area contributed by atoms with Gasteiger partial charge in [0.2, 0.25) is 0 Å². The summed E-state index contributed by atoms with van der Waals surface area (Å²) < 4.78 is 11.4.